The van der Waals surface area contributed by atoms with Crippen molar-refractivity contribution in [2.45, 2.75) is 25.4 Å². The minimum absolute atomic E-state index is 0.0230. The van der Waals surface area contributed by atoms with Gasteiger partial charge >= 0.3 is 0 Å². The van der Waals surface area contributed by atoms with E-state index < -0.39 is 17.3 Å². The van der Waals surface area contributed by atoms with Crippen LogP contribution in [0.2, 0.25) is 0 Å². The van der Waals surface area contributed by atoms with Gasteiger partial charge in [-0.15, -0.1) is 0 Å². The highest BCUT2D eigenvalue weighted by Crippen LogP contribution is 2.35. The fraction of sp³-hybridized carbons (Fsp3) is 0.348. The summed E-state index contributed by atoms with van der Waals surface area (Å²) < 4.78 is 39.9. The number of carbonyl (C=O) groups excluding carboxylic acids is 1. The van der Waals surface area contributed by atoms with Crippen LogP contribution in [0.3, 0.4) is 0 Å². The maximum absolute atomic E-state index is 13.4. The van der Waals surface area contributed by atoms with Crippen LogP contribution in [0, 0.1) is 17.5 Å². The van der Waals surface area contributed by atoms with Crippen molar-refractivity contribution in [1.29, 1.82) is 0 Å². The number of anilines is 1. The van der Waals surface area contributed by atoms with Crippen molar-refractivity contribution in [3.63, 3.8) is 0 Å². The second kappa shape index (κ2) is 9.46. The molecule has 0 aliphatic carbocycles. The highest BCUT2D eigenvalue weighted by atomic mass is 32.2. The van der Waals surface area contributed by atoms with Crippen LogP contribution in [0.15, 0.2) is 52.4 Å². The molecule has 4 rings (SSSR count). The quantitative estimate of drug-likeness (QED) is 0.716. The van der Waals surface area contributed by atoms with E-state index in [4.69, 9.17) is 9.98 Å². The Labute approximate surface area is 188 Å². The van der Waals surface area contributed by atoms with Gasteiger partial charge in [-0.2, -0.15) is 0 Å². The molecular weight excluding hydrogens is 437 g/mol. The van der Waals surface area contributed by atoms with Crippen LogP contribution in [0.4, 0.5) is 18.9 Å². The zero-order valence-electron chi connectivity index (χ0n) is 17.6. The van der Waals surface area contributed by atoms with Gasteiger partial charge in [-0.05, 0) is 42.9 Å². The molecule has 9 heteroatoms. The number of halogens is 3. The van der Waals surface area contributed by atoms with Crippen molar-refractivity contribution in [2.75, 3.05) is 30.7 Å². The Morgan fingerprint density at radius 2 is 1.78 bits per heavy atom. The first kappa shape index (κ1) is 22.5. The van der Waals surface area contributed by atoms with E-state index in [9.17, 15) is 18.0 Å². The van der Waals surface area contributed by atoms with Crippen LogP contribution in [-0.4, -0.2) is 52.6 Å². The van der Waals surface area contributed by atoms with Crippen LogP contribution in [0.1, 0.15) is 25.3 Å². The number of rotatable bonds is 5. The second-order valence-corrected chi connectivity index (χ2v) is 8.73. The molecule has 0 aromatic heterocycles. The number of hydrogen-bond donors (Lipinski definition) is 1. The molecule has 2 aliphatic heterocycles. The van der Waals surface area contributed by atoms with E-state index >= 15 is 0 Å². The van der Waals surface area contributed by atoms with Crippen LogP contribution >= 0.6 is 11.8 Å². The lowest BCUT2D eigenvalue weighted by Crippen LogP contribution is -2.41. The molecule has 1 N–H and O–H groups in total. The van der Waals surface area contributed by atoms with E-state index in [1.807, 2.05) is 0 Å². The van der Waals surface area contributed by atoms with Crippen molar-refractivity contribution >= 4 is 34.1 Å². The smallest absolute Gasteiger partial charge is 0.234 e. The van der Waals surface area contributed by atoms with Crippen molar-refractivity contribution in [3.8, 4) is 0 Å². The summed E-state index contributed by atoms with van der Waals surface area (Å²) in [4.78, 5) is 24.6. The number of aliphatic imine (C=N–C) groups is 2. The van der Waals surface area contributed by atoms with E-state index in [2.05, 4.69) is 17.1 Å². The molecule has 0 unspecified atom stereocenters. The van der Waals surface area contributed by atoms with Gasteiger partial charge in [-0.1, -0.05) is 18.7 Å². The molecule has 0 saturated carbocycles. The first-order chi connectivity index (χ1) is 15.4. The van der Waals surface area contributed by atoms with E-state index in [0.29, 0.717) is 10.8 Å². The molecular formula is C23H23F3N4OS. The average Bonchev–Trinajstić information content (AvgIpc) is 3.14. The molecule has 1 spiro atoms. The Bertz CT molecular complexity index is 1060. The van der Waals surface area contributed by atoms with Gasteiger partial charge in [0, 0.05) is 43.2 Å². The molecule has 1 saturated heterocycles. The van der Waals surface area contributed by atoms with Crippen molar-refractivity contribution in [2.24, 2.45) is 9.98 Å². The Hall–Kier alpha value is -2.65. The summed E-state index contributed by atoms with van der Waals surface area (Å²) in [6, 6.07) is 9.27. The highest BCUT2D eigenvalue weighted by Gasteiger charge is 2.39. The summed E-state index contributed by atoms with van der Waals surface area (Å²) in [7, 11) is 0. The summed E-state index contributed by atoms with van der Waals surface area (Å²) in [6.07, 6.45) is 1.55. The number of carbonyl (C=O) groups is 1. The van der Waals surface area contributed by atoms with E-state index in [-0.39, 0.29) is 23.2 Å². The zero-order valence-corrected chi connectivity index (χ0v) is 18.4. The third-order valence-corrected chi connectivity index (χ3v) is 6.56. The van der Waals surface area contributed by atoms with Crippen LogP contribution in [0.5, 0.6) is 0 Å². The van der Waals surface area contributed by atoms with Crippen LogP contribution in [-0.2, 0) is 4.79 Å². The number of piperidine rings is 1. The predicted molar refractivity (Wildman–Crippen MR) is 122 cm³/mol. The lowest BCUT2D eigenvalue weighted by molar-refractivity contribution is -0.113. The summed E-state index contributed by atoms with van der Waals surface area (Å²) in [5.41, 5.74) is 1.02. The van der Waals surface area contributed by atoms with Gasteiger partial charge in [-0.3, -0.25) is 9.79 Å². The number of amides is 1. The Kier molecular flexibility index (Phi) is 6.66. The minimum Gasteiger partial charge on any atom is -0.325 e. The average molecular weight is 461 g/mol. The Morgan fingerprint density at radius 1 is 1.06 bits per heavy atom. The summed E-state index contributed by atoms with van der Waals surface area (Å²) in [6.45, 7) is 4.86. The molecule has 2 heterocycles. The molecule has 2 aromatic rings. The second-order valence-electron chi connectivity index (χ2n) is 7.77. The molecule has 2 aromatic carbocycles. The molecule has 1 fully saturated rings. The SMILES string of the molecule is CCN1CCC2(CC1)N=C(SCC(=O)Nc1ccc(F)c(F)c1)C(c1ccc(F)cc1)=N2. The zero-order chi connectivity index (χ0) is 22.7. The topological polar surface area (TPSA) is 57.1 Å². The van der Waals surface area contributed by atoms with Gasteiger partial charge in [0.1, 0.15) is 10.9 Å². The van der Waals surface area contributed by atoms with Crippen LogP contribution < -0.4 is 5.32 Å². The highest BCUT2D eigenvalue weighted by molar-refractivity contribution is 8.16. The van der Waals surface area contributed by atoms with Gasteiger partial charge in [-0.25, -0.2) is 18.2 Å². The fourth-order valence-electron chi connectivity index (χ4n) is 3.78. The van der Waals surface area contributed by atoms with Gasteiger partial charge in [0.2, 0.25) is 5.91 Å². The maximum atomic E-state index is 13.4. The summed E-state index contributed by atoms with van der Waals surface area (Å²) in [5, 5.41) is 3.19. The first-order valence-electron chi connectivity index (χ1n) is 10.4. The van der Waals surface area contributed by atoms with Gasteiger partial charge < -0.3 is 10.2 Å². The number of thioether (sulfide) groups is 1. The van der Waals surface area contributed by atoms with Crippen molar-refractivity contribution in [3.05, 3.63) is 65.5 Å². The number of hydrogen-bond acceptors (Lipinski definition) is 5. The molecule has 0 atom stereocenters. The molecule has 0 bridgehead atoms. The lowest BCUT2D eigenvalue weighted by Gasteiger charge is -2.34. The largest absolute Gasteiger partial charge is 0.325 e. The Morgan fingerprint density at radius 3 is 2.44 bits per heavy atom. The van der Waals surface area contributed by atoms with E-state index in [1.54, 1.807) is 12.1 Å². The summed E-state index contributed by atoms with van der Waals surface area (Å²) >= 11 is 1.23. The van der Waals surface area contributed by atoms with Gasteiger partial charge in [0.15, 0.2) is 17.3 Å². The van der Waals surface area contributed by atoms with E-state index in [0.717, 1.165) is 50.2 Å². The number of nitrogens with one attached hydrogen (secondary N) is 1. The van der Waals surface area contributed by atoms with Gasteiger partial charge in [0.25, 0.3) is 0 Å². The fourth-order valence-corrected chi connectivity index (χ4v) is 4.65. The monoisotopic (exact) mass is 460 g/mol. The number of benzene rings is 2. The third kappa shape index (κ3) is 5.05. The Balaban J connectivity index is 1.50. The molecule has 0 radical (unpaired) electrons. The minimum atomic E-state index is -1.03. The maximum Gasteiger partial charge on any atom is 0.234 e. The van der Waals surface area contributed by atoms with Crippen molar-refractivity contribution in [1.82, 2.24) is 4.90 Å². The predicted octanol–water partition coefficient (Wildman–Crippen LogP) is 4.49. The standard InChI is InChI=1S/C23H23F3N4OS/c1-2-30-11-9-23(10-12-30)28-21(15-3-5-16(24)6-4-15)22(29-23)32-14-20(31)27-17-7-8-18(25)19(26)13-17/h3-8,13H,2,9-12,14H2,1H3,(H,27,31). The third-order valence-electron chi connectivity index (χ3n) is 5.60. The summed E-state index contributed by atoms with van der Waals surface area (Å²) in [5.74, 6) is -2.69. The molecule has 168 valence electrons. The lowest BCUT2D eigenvalue weighted by atomic mass is 9.98. The van der Waals surface area contributed by atoms with Crippen LogP contribution in [0.25, 0.3) is 0 Å². The number of nitrogens with zero attached hydrogens (tertiary/aromatic N) is 3. The first-order valence-corrected chi connectivity index (χ1v) is 11.4. The molecule has 32 heavy (non-hydrogen) atoms. The van der Waals surface area contributed by atoms with Crippen molar-refractivity contribution < 1.29 is 18.0 Å². The molecule has 1 amide bonds. The van der Waals surface area contributed by atoms with Gasteiger partial charge in [0.05, 0.1) is 11.5 Å². The van der Waals surface area contributed by atoms with E-state index in [1.165, 1.54) is 30.0 Å². The molecule has 5 nitrogen and oxygen atoms in total. The normalized spacial score (nSPS) is 17.9. The molecule has 2 aliphatic rings. The number of likely N-dealkylation sites (tertiary alicyclic amines) is 1.